The van der Waals surface area contributed by atoms with E-state index in [1.807, 2.05) is 0 Å². The van der Waals surface area contributed by atoms with Gasteiger partial charge in [0.25, 0.3) is 0 Å². The summed E-state index contributed by atoms with van der Waals surface area (Å²) in [6, 6.07) is 0. The van der Waals surface area contributed by atoms with Gasteiger partial charge in [-0.15, -0.1) is 0 Å². The number of carbonyl (C=O) groups excluding carboxylic acids is 1. The summed E-state index contributed by atoms with van der Waals surface area (Å²) in [4.78, 5) is 41.2. The second-order valence-electron chi connectivity index (χ2n) is 12.2. The third kappa shape index (κ3) is 5.09. The zero-order valence-electron chi connectivity index (χ0n) is 22.4. The Labute approximate surface area is 218 Å². The van der Waals surface area contributed by atoms with Gasteiger partial charge in [-0.05, 0) is 94.0 Å². The lowest BCUT2D eigenvalue weighted by atomic mass is 9.46. The summed E-state index contributed by atoms with van der Waals surface area (Å²) in [5.41, 5.74) is 0.957. The molecular weight excluding hydrogens is 476 g/mol. The minimum atomic E-state index is -1.18. The van der Waals surface area contributed by atoms with Crippen molar-refractivity contribution in [3.8, 4) is 0 Å². The molecule has 3 saturated carbocycles. The number of nitrogens with zero attached hydrogens (tertiary/aromatic N) is 2. The summed E-state index contributed by atoms with van der Waals surface area (Å²) in [7, 11) is 0. The van der Waals surface area contributed by atoms with Gasteiger partial charge >= 0.3 is 11.9 Å². The molecule has 0 aromatic carbocycles. The average molecular weight is 519 g/mol. The molecule has 3 N–H and O–H groups in total. The van der Waals surface area contributed by atoms with Gasteiger partial charge in [-0.2, -0.15) is 0 Å². The summed E-state index contributed by atoms with van der Waals surface area (Å²) in [5, 5.41) is 33.6. The predicted molar refractivity (Wildman–Crippen MR) is 137 cm³/mol. The van der Waals surface area contributed by atoms with Crippen LogP contribution < -0.4 is 0 Å². The molecule has 0 amide bonds. The number of ketones is 1. The van der Waals surface area contributed by atoms with Gasteiger partial charge in [0, 0.05) is 12.0 Å². The lowest BCUT2D eigenvalue weighted by molar-refractivity contribution is -0.159. The zero-order chi connectivity index (χ0) is 27.0. The van der Waals surface area contributed by atoms with E-state index in [4.69, 9.17) is 15.1 Å². The second kappa shape index (κ2) is 10.5. The van der Waals surface area contributed by atoms with Crippen molar-refractivity contribution in [1.29, 1.82) is 0 Å². The van der Waals surface area contributed by atoms with Crippen molar-refractivity contribution < 1.29 is 34.5 Å². The maximum Gasteiger partial charge on any atom is 0.317 e. The first kappa shape index (κ1) is 27.8. The summed E-state index contributed by atoms with van der Waals surface area (Å²) >= 11 is 0. The van der Waals surface area contributed by atoms with E-state index in [0.29, 0.717) is 43.7 Å². The van der Waals surface area contributed by atoms with Crippen molar-refractivity contribution in [2.24, 2.45) is 33.7 Å². The van der Waals surface area contributed by atoms with E-state index in [1.54, 1.807) is 6.92 Å². The summed E-state index contributed by atoms with van der Waals surface area (Å²) in [6.45, 7) is 6.07. The molecule has 9 heteroatoms. The lowest BCUT2D eigenvalue weighted by Gasteiger charge is -2.59. The van der Waals surface area contributed by atoms with Crippen molar-refractivity contribution in [3.05, 3.63) is 11.6 Å². The first-order chi connectivity index (χ1) is 17.4. The SMILES string of the molecule is CC(=O)[C@@]1(O)CC[C@H]2[C@@H]3CCC4=C/C(=N/OCCCN(CC(=O)O)CC(=O)O)CC[C@]4(C)[C@H]3CC[C@@]21C. The van der Waals surface area contributed by atoms with Crippen LogP contribution in [-0.4, -0.2) is 75.5 Å². The summed E-state index contributed by atoms with van der Waals surface area (Å²) in [5.74, 6) is -0.717. The molecule has 0 bridgehead atoms. The summed E-state index contributed by atoms with van der Waals surface area (Å²) in [6.07, 6.45) is 10.1. The topological polar surface area (TPSA) is 137 Å². The van der Waals surface area contributed by atoms with E-state index >= 15 is 0 Å². The van der Waals surface area contributed by atoms with Crippen molar-refractivity contribution in [2.75, 3.05) is 26.2 Å². The number of aliphatic carboxylic acids is 2. The number of allylic oxidation sites excluding steroid dienone is 2. The van der Waals surface area contributed by atoms with Crippen LogP contribution in [-0.2, 0) is 19.2 Å². The van der Waals surface area contributed by atoms with Gasteiger partial charge in [0.1, 0.15) is 12.2 Å². The molecule has 0 heterocycles. The highest BCUT2D eigenvalue weighted by Gasteiger charge is 2.65. The van der Waals surface area contributed by atoms with Crippen molar-refractivity contribution >= 4 is 23.4 Å². The molecule has 0 saturated heterocycles. The van der Waals surface area contributed by atoms with Gasteiger partial charge in [-0.1, -0.05) is 24.6 Å². The van der Waals surface area contributed by atoms with Crippen LogP contribution in [0.5, 0.6) is 0 Å². The zero-order valence-corrected chi connectivity index (χ0v) is 22.4. The van der Waals surface area contributed by atoms with E-state index in [-0.39, 0.29) is 29.7 Å². The normalized spacial score (nSPS) is 37.9. The number of carboxylic acids is 2. The molecule has 0 radical (unpaired) electrons. The van der Waals surface area contributed by atoms with E-state index in [2.05, 4.69) is 25.1 Å². The fourth-order valence-corrected chi connectivity index (χ4v) is 8.32. The smallest absolute Gasteiger partial charge is 0.317 e. The maximum absolute atomic E-state index is 12.4. The minimum absolute atomic E-state index is 0.0754. The van der Waals surface area contributed by atoms with E-state index in [0.717, 1.165) is 50.7 Å². The summed E-state index contributed by atoms with van der Waals surface area (Å²) < 4.78 is 0. The van der Waals surface area contributed by atoms with E-state index in [9.17, 15) is 19.5 Å². The predicted octanol–water partition coefficient (Wildman–Crippen LogP) is 3.50. The number of aliphatic hydroxyl groups is 1. The van der Waals surface area contributed by atoms with Crippen LogP contribution in [0.4, 0.5) is 0 Å². The monoisotopic (exact) mass is 518 g/mol. The average Bonchev–Trinajstić information content (AvgIpc) is 3.10. The largest absolute Gasteiger partial charge is 0.480 e. The van der Waals surface area contributed by atoms with Gasteiger partial charge in [-0.3, -0.25) is 19.3 Å². The van der Waals surface area contributed by atoms with Gasteiger partial charge in [-0.25, -0.2) is 0 Å². The highest BCUT2D eigenvalue weighted by atomic mass is 16.6. The Hall–Kier alpha value is -2.26. The minimum Gasteiger partial charge on any atom is -0.480 e. The molecule has 4 aliphatic rings. The first-order valence-corrected chi connectivity index (χ1v) is 13.7. The fourth-order valence-electron chi connectivity index (χ4n) is 8.32. The fraction of sp³-hybridized carbons (Fsp3) is 0.786. The number of carbonyl (C=O) groups is 3. The highest BCUT2D eigenvalue weighted by molar-refractivity contribution is 5.96. The molecule has 6 atom stereocenters. The third-order valence-corrected chi connectivity index (χ3v) is 10.3. The van der Waals surface area contributed by atoms with Crippen LogP contribution in [0.15, 0.2) is 16.8 Å². The van der Waals surface area contributed by atoms with E-state index in [1.165, 1.54) is 10.5 Å². The number of Topliss-reactive ketones (excluding diaryl/α,β-unsaturated/α-hetero) is 1. The van der Waals surface area contributed by atoms with Crippen molar-refractivity contribution in [1.82, 2.24) is 4.90 Å². The first-order valence-electron chi connectivity index (χ1n) is 13.7. The van der Waals surface area contributed by atoms with Gasteiger partial charge < -0.3 is 20.2 Å². The Balaban J connectivity index is 1.36. The lowest BCUT2D eigenvalue weighted by Crippen LogP contribution is -2.57. The molecule has 37 heavy (non-hydrogen) atoms. The molecular formula is C28H42N2O7. The standard InChI is InChI=1S/C28H42N2O7/c1-18(31)28(36)12-9-23-21-6-5-19-15-20(7-10-26(19,2)22(21)8-11-27(23,28)3)29-37-14-4-13-30(16-24(32)33)17-25(34)35/h15,21-23,36H,4-14,16-17H2,1-3H3,(H,32,33)(H,34,35)/b29-20+/t21-,22+,23+,26+,27+,28+/m1/s1. The molecule has 0 aromatic rings. The highest BCUT2D eigenvalue weighted by Crippen LogP contribution is 2.67. The number of fused-ring (bicyclic) bond motifs is 5. The quantitative estimate of drug-likeness (QED) is 0.295. The van der Waals surface area contributed by atoms with Gasteiger partial charge in [0.15, 0.2) is 5.78 Å². The Morgan fingerprint density at radius 3 is 2.35 bits per heavy atom. The van der Waals surface area contributed by atoms with Crippen LogP contribution in [0.1, 0.15) is 78.6 Å². The third-order valence-electron chi connectivity index (χ3n) is 10.3. The Bertz CT molecular complexity index is 977. The number of oxime groups is 1. The van der Waals surface area contributed by atoms with Gasteiger partial charge in [0.2, 0.25) is 0 Å². The van der Waals surface area contributed by atoms with E-state index < -0.39 is 17.5 Å². The second-order valence-corrected chi connectivity index (χ2v) is 12.2. The van der Waals surface area contributed by atoms with Crippen LogP contribution in [0.2, 0.25) is 0 Å². The van der Waals surface area contributed by atoms with Crippen molar-refractivity contribution in [3.63, 3.8) is 0 Å². The van der Waals surface area contributed by atoms with Crippen LogP contribution in [0, 0.1) is 28.6 Å². The number of carboxylic acid groups (broad SMARTS) is 2. The molecule has 3 fully saturated rings. The number of rotatable bonds is 10. The Morgan fingerprint density at radius 2 is 1.70 bits per heavy atom. The molecule has 9 nitrogen and oxygen atoms in total. The maximum atomic E-state index is 12.4. The van der Waals surface area contributed by atoms with Crippen LogP contribution >= 0.6 is 0 Å². The number of hydrogen-bond donors (Lipinski definition) is 3. The van der Waals surface area contributed by atoms with Crippen molar-refractivity contribution in [2.45, 2.75) is 84.2 Å². The Morgan fingerprint density at radius 1 is 1.03 bits per heavy atom. The van der Waals surface area contributed by atoms with Gasteiger partial charge in [0.05, 0.1) is 18.8 Å². The molecule has 4 rings (SSSR count). The van der Waals surface area contributed by atoms with Crippen LogP contribution in [0.3, 0.4) is 0 Å². The Kier molecular flexibility index (Phi) is 7.87. The molecule has 4 aliphatic carbocycles. The molecule has 0 unspecified atom stereocenters. The molecule has 0 aromatic heterocycles. The molecule has 0 aliphatic heterocycles. The number of hydrogen-bond acceptors (Lipinski definition) is 7. The molecule has 0 spiro atoms. The van der Waals surface area contributed by atoms with Crippen LogP contribution in [0.25, 0.3) is 0 Å². The molecule has 206 valence electrons.